The van der Waals surface area contributed by atoms with Crippen molar-refractivity contribution in [1.29, 1.82) is 0 Å². The predicted molar refractivity (Wildman–Crippen MR) is 73.6 cm³/mol. The second kappa shape index (κ2) is 5.71. The number of nitrogens with zero attached hydrogens (tertiary/aromatic N) is 3. The van der Waals surface area contributed by atoms with Crippen LogP contribution in [0.1, 0.15) is 18.3 Å². The van der Waals surface area contributed by atoms with Crippen molar-refractivity contribution in [2.24, 2.45) is 12.8 Å². The molecule has 0 bridgehead atoms. The maximum absolute atomic E-state index is 14.0. The Kier molecular flexibility index (Phi) is 4.21. The largest absolute Gasteiger partial charge is 0.328 e. The first kappa shape index (κ1) is 14.0. The first-order valence-electron chi connectivity index (χ1n) is 6.06. The fourth-order valence-electron chi connectivity index (χ4n) is 1.74. The fraction of sp³-hybridized carbons (Fsp3) is 0.385. The van der Waals surface area contributed by atoms with E-state index in [1.54, 1.807) is 6.07 Å². The van der Waals surface area contributed by atoms with Crippen LogP contribution in [-0.2, 0) is 13.5 Å². The van der Waals surface area contributed by atoms with Crippen molar-refractivity contribution in [2.45, 2.75) is 36.4 Å². The predicted octanol–water partition coefficient (Wildman–Crippen LogP) is 2.30. The van der Waals surface area contributed by atoms with Crippen molar-refractivity contribution < 1.29 is 4.39 Å². The summed E-state index contributed by atoms with van der Waals surface area (Å²) in [6.07, 6.45) is 0.636. The number of halogens is 1. The van der Waals surface area contributed by atoms with Gasteiger partial charge >= 0.3 is 0 Å². The van der Waals surface area contributed by atoms with Gasteiger partial charge in [0.05, 0.1) is 4.90 Å². The van der Waals surface area contributed by atoms with Gasteiger partial charge in [0, 0.05) is 13.1 Å². The van der Waals surface area contributed by atoms with Crippen molar-refractivity contribution in [3.8, 4) is 0 Å². The van der Waals surface area contributed by atoms with E-state index < -0.39 is 0 Å². The molecule has 0 aliphatic carbocycles. The molecular formula is C13H17FN4S. The number of hydrogen-bond donors (Lipinski definition) is 1. The highest BCUT2D eigenvalue weighted by Crippen LogP contribution is 2.32. The van der Waals surface area contributed by atoms with E-state index in [2.05, 4.69) is 10.2 Å². The minimum absolute atomic E-state index is 0.0117. The minimum atomic E-state index is -0.246. The van der Waals surface area contributed by atoms with Crippen LogP contribution in [0.4, 0.5) is 4.39 Å². The Morgan fingerprint density at radius 1 is 1.42 bits per heavy atom. The third-order valence-electron chi connectivity index (χ3n) is 2.84. The van der Waals surface area contributed by atoms with Crippen molar-refractivity contribution >= 4 is 11.8 Å². The van der Waals surface area contributed by atoms with Crippen LogP contribution in [0.25, 0.3) is 0 Å². The first-order chi connectivity index (χ1) is 8.99. The molecule has 2 rings (SSSR count). The molecule has 19 heavy (non-hydrogen) atoms. The van der Waals surface area contributed by atoms with Gasteiger partial charge in [-0.1, -0.05) is 12.1 Å². The van der Waals surface area contributed by atoms with Crippen LogP contribution in [0, 0.1) is 12.7 Å². The average molecular weight is 280 g/mol. The van der Waals surface area contributed by atoms with Crippen LogP contribution in [0.3, 0.4) is 0 Å². The molecule has 0 spiro atoms. The SMILES string of the molecule is Cc1nnc(Sc2c(F)cccc2CC(C)N)n1C. The lowest BCUT2D eigenvalue weighted by atomic mass is 10.1. The molecule has 102 valence electrons. The molecule has 1 unspecified atom stereocenters. The molecular weight excluding hydrogens is 263 g/mol. The van der Waals surface area contributed by atoms with Gasteiger partial charge in [-0.15, -0.1) is 10.2 Å². The summed E-state index contributed by atoms with van der Waals surface area (Å²) in [7, 11) is 1.86. The second-order valence-corrected chi connectivity index (χ2v) is 5.58. The van der Waals surface area contributed by atoms with Gasteiger partial charge in [0.1, 0.15) is 11.6 Å². The van der Waals surface area contributed by atoms with Crippen LogP contribution in [-0.4, -0.2) is 20.8 Å². The van der Waals surface area contributed by atoms with Gasteiger partial charge in [-0.05, 0) is 43.7 Å². The van der Waals surface area contributed by atoms with E-state index >= 15 is 0 Å². The molecule has 2 aromatic rings. The lowest BCUT2D eigenvalue weighted by molar-refractivity contribution is 0.592. The van der Waals surface area contributed by atoms with Crippen molar-refractivity contribution in [1.82, 2.24) is 14.8 Å². The van der Waals surface area contributed by atoms with Crippen LogP contribution in [0.15, 0.2) is 28.3 Å². The van der Waals surface area contributed by atoms with Gasteiger partial charge in [0.2, 0.25) is 0 Å². The lowest BCUT2D eigenvalue weighted by Crippen LogP contribution is -2.18. The highest BCUT2D eigenvalue weighted by atomic mass is 32.2. The van der Waals surface area contributed by atoms with Crippen LogP contribution >= 0.6 is 11.8 Å². The van der Waals surface area contributed by atoms with Gasteiger partial charge in [0.15, 0.2) is 5.16 Å². The standard InChI is InChI=1S/C13H17FN4S/c1-8(15)7-10-5-4-6-11(14)12(10)19-13-17-16-9(2)18(13)3/h4-6,8H,7,15H2,1-3H3. The molecule has 0 saturated heterocycles. The van der Waals surface area contributed by atoms with Crippen molar-refractivity contribution in [3.05, 3.63) is 35.4 Å². The topological polar surface area (TPSA) is 56.7 Å². The van der Waals surface area contributed by atoms with Gasteiger partial charge in [-0.25, -0.2) is 4.39 Å². The van der Waals surface area contributed by atoms with E-state index in [0.717, 1.165) is 11.4 Å². The first-order valence-corrected chi connectivity index (χ1v) is 6.87. The molecule has 0 saturated carbocycles. The van der Waals surface area contributed by atoms with Crippen molar-refractivity contribution in [2.75, 3.05) is 0 Å². The maximum atomic E-state index is 14.0. The van der Waals surface area contributed by atoms with E-state index in [0.29, 0.717) is 16.5 Å². The Labute approximate surface area is 116 Å². The number of benzene rings is 1. The molecule has 0 radical (unpaired) electrons. The Hall–Kier alpha value is -1.40. The van der Waals surface area contributed by atoms with Crippen molar-refractivity contribution in [3.63, 3.8) is 0 Å². The molecule has 0 aliphatic rings. The van der Waals surface area contributed by atoms with Gasteiger partial charge in [0.25, 0.3) is 0 Å². The molecule has 6 heteroatoms. The second-order valence-electron chi connectivity index (χ2n) is 4.60. The molecule has 1 aromatic carbocycles. The number of hydrogen-bond acceptors (Lipinski definition) is 4. The highest BCUT2D eigenvalue weighted by Gasteiger charge is 2.15. The monoisotopic (exact) mass is 280 g/mol. The Balaban J connectivity index is 2.36. The molecule has 1 heterocycles. The van der Waals surface area contributed by atoms with Crippen LogP contribution in [0.5, 0.6) is 0 Å². The van der Waals surface area contributed by atoms with E-state index in [1.165, 1.54) is 17.8 Å². The zero-order valence-electron chi connectivity index (χ0n) is 11.2. The molecule has 0 fully saturated rings. The number of aromatic nitrogens is 3. The number of aryl methyl sites for hydroxylation is 1. The zero-order valence-corrected chi connectivity index (χ0v) is 12.0. The third-order valence-corrected chi connectivity index (χ3v) is 4.04. The van der Waals surface area contributed by atoms with E-state index in [4.69, 9.17) is 5.73 Å². The smallest absolute Gasteiger partial charge is 0.195 e. The van der Waals surface area contributed by atoms with E-state index in [1.807, 2.05) is 31.5 Å². The molecule has 0 amide bonds. The molecule has 1 atom stereocenters. The van der Waals surface area contributed by atoms with Crippen LogP contribution < -0.4 is 5.73 Å². The highest BCUT2D eigenvalue weighted by molar-refractivity contribution is 7.99. The summed E-state index contributed by atoms with van der Waals surface area (Å²) in [6, 6.07) is 5.05. The summed E-state index contributed by atoms with van der Waals surface area (Å²) < 4.78 is 15.8. The summed E-state index contributed by atoms with van der Waals surface area (Å²) in [6.45, 7) is 3.77. The number of rotatable bonds is 4. The summed E-state index contributed by atoms with van der Waals surface area (Å²) in [4.78, 5) is 0.579. The third kappa shape index (κ3) is 3.13. The molecule has 1 aromatic heterocycles. The zero-order chi connectivity index (χ0) is 14.0. The fourth-order valence-corrected chi connectivity index (χ4v) is 2.72. The minimum Gasteiger partial charge on any atom is -0.328 e. The summed E-state index contributed by atoms with van der Waals surface area (Å²) in [5.74, 6) is 0.552. The lowest BCUT2D eigenvalue weighted by Gasteiger charge is -2.11. The Morgan fingerprint density at radius 3 is 2.74 bits per heavy atom. The summed E-state index contributed by atoms with van der Waals surface area (Å²) in [5, 5.41) is 8.70. The molecule has 0 aliphatic heterocycles. The normalized spacial score (nSPS) is 12.7. The van der Waals surface area contributed by atoms with Crippen LogP contribution in [0.2, 0.25) is 0 Å². The Morgan fingerprint density at radius 2 is 2.16 bits per heavy atom. The number of nitrogens with two attached hydrogens (primary N) is 1. The van der Waals surface area contributed by atoms with Gasteiger partial charge in [-0.2, -0.15) is 0 Å². The van der Waals surface area contributed by atoms with Gasteiger partial charge < -0.3 is 10.3 Å². The van der Waals surface area contributed by atoms with E-state index in [9.17, 15) is 4.39 Å². The summed E-state index contributed by atoms with van der Waals surface area (Å²) in [5.41, 5.74) is 6.71. The molecule has 4 nitrogen and oxygen atoms in total. The molecule has 2 N–H and O–H groups in total. The quantitative estimate of drug-likeness (QED) is 0.933. The van der Waals surface area contributed by atoms with Gasteiger partial charge in [-0.3, -0.25) is 0 Å². The maximum Gasteiger partial charge on any atom is 0.195 e. The van der Waals surface area contributed by atoms with E-state index in [-0.39, 0.29) is 11.9 Å². The Bertz CT molecular complexity index is 580. The summed E-state index contributed by atoms with van der Waals surface area (Å²) >= 11 is 1.29. The average Bonchev–Trinajstić information content (AvgIpc) is 2.64.